The number of aliphatic hydroxyl groups excluding tert-OH is 1. The number of rotatable bonds is 8. The van der Waals surface area contributed by atoms with Crippen molar-refractivity contribution in [2.24, 2.45) is 0 Å². The SMILES string of the molecule is C=CCOc1c(C[NH2+]C[C@H](C)O)cccc1OC. The molecule has 0 saturated carbocycles. The molecule has 0 unspecified atom stereocenters. The zero-order valence-corrected chi connectivity index (χ0v) is 11.1. The van der Waals surface area contributed by atoms with Gasteiger partial charge in [0.25, 0.3) is 0 Å². The summed E-state index contributed by atoms with van der Waals surface area (Å²) in [6, 6.07) is 5.81. The second-order valence-electron chi connectivity index (χ2n) is 4.13. The molecule has 0 fully saturated rings. The van der Waals surface area contributed by atoms with Crippen LogP contribution in [0.5, 0.6) is 11.5 Å². The topological polar surface area (TPSA) is 55.3 Å². The third-order valence-electron chi connectivity index (χ3n) is 2.50. The van der Waals surface area contributed by atoms with E-state index < -0.39 is 0 Å². The van der Waals surface area contributed by atoms with E-state index in [-0.39, 0.29) is 6.10 Å². The predicted molar refractivity (Wildman–Crippen MR) is 70.9 cm³/mol. The Morgan fingerprint density at radius 2 is 2.28 bits per heavy atom. The largest absolute Gasteiger partial charge is 0.493 e. The lowest BCUT2D eigenvalue weighted by atomic mass is 10.2. The van der Waals surface area contributed by atoms with Gasteiger partial charge in [-0.3, -0.25) is 0 Å². The van der Waals surface area contributed by atoms with Crippen LogP contribution in [-0.4, -0.2) is 31.5 Å². The van der Waals surface area contributed by atoms with Crippen LogP contribution in [0.25, 0.3) is 0 Å². The minimum absolute atomic E-state index is 0.312. The molecule has 4 heteroatoms. The summed E-state index contributed by atoms with van der Waals surface area (Å²) < 4.78 is 10.9. The Bertz CT molecular complexity index is 377. The molecule has 0 amide bonds. The van der Waals surface area contributed by atoms with Crippen LogP contribution in [0.4, 0.5) is 0 Å². The molecule has 0 heterocycles. The lowest BCUT2D eigenvalue weighted by Gasteiger charge is -2.13. The molecule has 0 aliphatic heterocycles. The van der Waals surface area contributed by atoms with Gasteiger partial charge in [0, 0.05) is 0 Å². The van der Waals surface area contributed by atoms with Gasteiger partial charge in [0.1, 0.15) is 19.7 Å². The van der Waals surface area contributed by atoms with Gasteiger partial charge in [0.05, 0.1) is 18.8 Å². The molecule has 100 valence electrons. The van der Waals surface area contributed by atoms with E-state index in [1.807, 2.05) is 23.5 Å². The summed E-state index contributed by atoms with van der Waals surface area (Å²) in [5, 5.41) is 11.3. The molecule has 0 aromatic heterocycles. The third-order valence-corrected chi connectivity index (χ3v) is 2.50. The quantitative estimate of drug-likeness (QED) is 0.670. The molecule has 3 N–H and O–H groups in total. The molecule has 0 saturated heterocycles. The smallest absolute Gasteiger partial charge is 0.170 e. The van der Waals surface area contributed by atoms with Gasteiger partial charge in [-0.05, 0) is 19.1 Å². The number of para-hydroxylation sites is 1. The number of aliphatic hydroxyl groups is 1. The number of benzene rings is 1. The van der Waals surface area contributed by atoms with Crippen molar-refractivity contribution in [3.8, 4) is 11.5 Å². The Morgan fingerprint density at radius 1 is 1.50 bits per heavy atom. The predicted octanol–water partition coefficient (Wildman–Crippen LogP) is 0.704. The first-order chi connectivity index (χ1) is 8.69. The van der Waals surface area contributed by atoms with Gasteiger partial charge in [0.15, 0.2) is 11.5 Å². The molecule has 18 heavy (non-hydrogen) atoms. The van der Waals surface area contributed by atoms with Crippen molar-refractivity contribution in [1.29, 1.82) is 0 Å². The fraction of sp³-hybridized carbons (Fsp3) is 0.429. The molecule has 1 aromatic carbocycles. The maximum atomic E-state index is 9.24. The lowest BCUT2D eigenvalue weighted by molar-refractivity contribution is -0.676. The molecule has 1 aromatic rings. The summed E-state index contributed by atoms with van der Waals surface area (Å²) >= 11 is 0. The summed E-state index contributed by atoms with van der Waals surface area (Å²) in [4.78, 5) is 0. The Morgan fingerprint density at radius 3 is 2.89 bits per heavy atom. The monoisotopic (exact) mass is 252 g/mol. The molecule has 0 spiro atoms. The van der Waals surface area contributed by atoms with Gasteiger partial charge >= 0.3 is 0 Å². The molecular formula is C14H22NO3+. The fourth-order valence-electron chi connectivity index (χ4n) is 1.67. The van der Waals surface area contributed by atoms with Gasteiger partial charge in [-0.2, -0.15) is 0 Å². The van der Waals surface area contributed by atoms with Crippen LogP contribution in [0.1, 0.15) is 12.5 Å². The number of quaternary nitrogens is 1. The highest BCUT2D eigenvalue weighted by molar-refractivity contribution is 5.46. The molecule has 4 nitrogen and oxygen atoms in total. The Kier molecular flexibility index (Phi) is 6.25. The Labute approximate surface area is 108 Å². The molecule has 0 bridgehead atoms. The van der Waals surface area contributed by atoms with Crippen LogP contribution in [0.3, 0.4) is 0 Å². The van der Waals surface area contributed by atoms with Gasteiger partial charge in [-0.1, -0.05) is 18.7 Å². The number of methoxy groups -OCH3 is 1. The van der Waals surface area contributed by atoms with Gasteiger partial charge < -0.3 is 19.9 Å². The van der Waals surface area contributed by atoms with Crippen LogP contribution in [0.15, 0.2) is 30.9 Å². The highest BCUT2D eigenvalue weighted by atomic mass is 16.5. The number of ether oxygens (including phenoxy) is 2. The summed E-state index contributed by atoms with van der Waals surface area (Å²) in [5.74, 6) is 1.47. The van der Waals surface area contributed by atoms with Crippen molar-refractivity contribution < 1.29 is 19.9 Å². The van der Waals surface area contributed by atoms with Gasteiger partial charge in [-0.25, -0.2) is 0 Å². The van der Waals surface area contributed by atoms with E-state index >= 15 is 0 Å². The highest BCUT2D eigenvalue weighted by Gasteiger charge is 2.11. The second kappa shape index (κ2) is 7.74. The summed E-state index contributed by atoms with van der Waals surface area (Å²) in [7, 11) is 1.62. The van der Waals surface area contributed by atoms with Crippen LogP contribution in [0.2, 0.25) is 0 Å². The van der Waals surface area contributed by atoms with E-state index in [0.29, 0.717) is 13.2 Å². The Hall–Kier alpha value is -1.52. The number of hydrogen-bond donors (Lipinski definition) is 2. The van der Waals surface area contributed by atoms with Crippen LogP contribution < -0.4 is 14.8 Å². The zero-order valence-electron chi connectivity index (χ0n) is 11.1. The van der Waals surface area contributed by atoms with E-state index in [0.717, 1.165) is 23.6 Å². The number of nitrogens with two attached hydrogens (primary N) is 1. The third kappa shape index (κ3) is 4.39. The zero-order chi connectivity index (χ0) is 13.4. The average Bonchev–Trinajstić information content (AvgIpc) is 2.36. The van der Waals surface area contributed by atoms with E-state index in [2.05, 4.69) is 6.58 Å². The highest BCUT2D eigenvalue weighted by Crippen LogP contribution is 2.30. The first-order valence-electron chi connectivity index (χ1n) is 6.08. The molecule has 0 aliphatic carbocycles. The average molecular weight is 252 g/mol. The van der Waals surface area contributed by atoms with E-state index in [9.17, 15) is 5.11 Å². The first-order valence-corrected chi connectivity index (χ1v) is 6.08. The molecule has 1 rings (SSSR count). The maximum Gasteiger partial charge on any atom is 0.170 e. The van der Waals surface area contributed by atoms with Crippen molar-refractivity contribution >= 4 is 0 Å². The molecule has 0 radical (unpaired) electrons. The fourth-order valence-corrected chi connectivity index (χ4v) is 1.67. The molecular weight excluding hydrogens is 230 g/mol. The minimum Gasteiger partial charge on any atom is -0.493 e. The van der Waals surface area contributed by atoms with E-state index in [1.54, 1.807) is 20.1 Å². The first kappa shape index (κ1) is 14.5. The molecule has 1 atom stereocenters. The van der Waals surface area contributed by atoms with Crippen LogP contribution in [0, 0.1) is 0 Å². The van der Waals surface area contributed by atoms with Crippen molar-refractivity contribution in [3.63, 3.8) is 0 Å². The number of hydrogen-bond acceptors (Lipinski definition) is 3. The van der Waals surface area contributed by atoms with E-state index in [4.69, 9.17) is 9.47 Å². The molecule has 0 aliphatic rings. The maximum absolute atomic E-state index is 9.24. The van der Waals surface area contributed by atoms with Crippen molar-refractivity contribution in [2.45, 2.75) is 19.6 Å². The van der Waals surface area contributed by atoms with Crippen LogP contribution in [-0.2, 0) is 6.54 Å². The lowest BCUT2D eigenvalue weighted by Crippen LogP contribution is -2.84. The summed E-state index contributed by atoms with van der Waals surface area (Å²) in [5.41, 5.74) is 1.05. The normalized spacial score (nSPS) is 11.9. The van der Waals surface area contributed by atoms with Crippen molar-refractivity contribution in [3.05, 3.63) is 36.4 Å². The van der Waals surface area contributed by atoms with Crippen molar-refractivity contribution in [2.75, 3.05) is 20.3 Å². The van der Waals surface area contributed by atoms with Gasteiger partial charge in [0.2, 0.25) is 0 Å². The van der Waals surface area contributed by atoms with Crippen molar-refractivity contribution in [1.82, 2.24) is 0 Å². The standard InChI is InChI=1S/C14H21NO3/c1-4-8-18-14-12(10-15-9-11(2)16)6-5-7-13(14)17-3/h4-7,11,15-16H,1,8-10H2,2-3H3/p+1/t11-/m0/s1. The second-order valence-corrected chi connectivity index (χ2v) is 4.13. The van der Waals surface area contributed by atoms with Gasteiger partial charge in [-0.15, -0.1) is 0 Å². The van der Waals surface area contributed by atoms with E-state index in [1.165, 1.54) is 0 Å². The summed E-state index contributed by atoms with van der Waals surface area (Å²) in [6.07, 6.45) is 1.39. The van der Waals surface area contributed by atoms with Crippen LogP contribution >= 0.6 is 0 Å². The Balaban J connectivity index is 2.77. The minimum atomic E-state index is -0.312. The summed E-state index contributed by atoms with van der Waals surface area (Å²) in [6.45, 7) is 7.27.